The van der Waals surface area contributed by atoms with Gasteiger partial charge in [0.05, 0.1) is 18.5 Å². The fraction of sp³-hybridized carbons (Fsp3) is 0.231. The summed E-state index contributed by atoms with van der Waals surface area (Å²) in [5.74, 6) is -3.27. The zero-order chi connectivity index (χ0) is 15.4. The summed E-state index contributed by atoms with van der Waals surface area (Å²) in [6, 6.07) is 3.93. The number of amides is 1. The molecule has 21 heavy (non-hydrogen) atoms. The number of nitrogens with zero attached hydrogens (tertiary/aromatic N) is 2. The monoisotopic (exact) mass is 291 g/mol. The lowest BCUT2D eigenvalue weighted by Crippen LogP contribution is -2.42. The predicted octanol–water partition coefficient (Wildman–Crippen LogP) is -0.0791. The lowest BCUT2D eigenvalue weighted by molar-refractivity contribution is -0.147. The topological polar surface area (TPSA) is 121 Å². The van der Waals surface area contributed by atoms with Gasteiger partial charge in [-0.2, -0.15) is 0 Å². The number of nitrogens with one attached hydrogen (secondary N) is 1. The van der Waals surface area contributed by atoms with Gasteiger partial charge in [0.25, 0.3) is 0 Å². The summed E-state index contributed by atoms with van der Waals surface area (Å²) in [7, 11) is 0. The van der Waals surface area contributed by atoms with E-state index >= 15 is 0 Å². The van der Waals surface area contributed by atoms with Crippen molar-refractivity contribution in [1.82, 2.24) is 14.7 Å². The number of rotatable bonds is 6. The molecule has 8 nitrogen and oxygen atoms in total. The zero-order valence-electron chi connectivity index (χ0n) is 10.9. The minimum Gasteiger partial charge on any atom is -0.481 e. The molecule has 2 heterocycles. The summed E-state index contributed by atoms with van der Waals surface area (Å²) in [5, 5.41) is 19.6. The molecule has 0 aliphatic carbocycles. The van der Waals surface area contributed by atoms with Crippen LogP contribution in [0.1, 0.15) is 12.1 Å². The van der Waals surface area contributed by atoms with Crippen LogP contribution < -0.4 is 5.32 Å². The van der Waals surface area contributed by atoms with Crippen LogP contribution >= 0.6 is 0 Å². The molecule has 0 spiro atoms. The molecule has 0 saturated carbocycles. The number of carbonyl (C=O) groups excluding carboxylic acids is 1. The fourth-order valence-electron chi connectivity index (χ4n) is 1.86. The third kappa shape index (κ3) is 3.78. The number of aliphatic carboxylic acids is 2. The Morgan fingerprint density at radius 2 is 2.05 bits per heavy atom. The molecule has 3 N–H and O–H groups in total. The molecule has 0 aromatic carbocycles. The highest BCUT2D eigenvalue weighted by Gasteiger charge is 2.23. The quantitative estimate of drug-likeness (QED) is 0.684. The van der Waals surface area contributed by atoms with Crippen molar-refractivity contribution in [2.24, 2.45) is 0 Å². The Morgan fingerprint density at radius 3 is 2.67 bits per heavy atom. The minimum atomic E-state index is -1.45. The lowest BCUT2D eigenvalue weighted by atomic mass is 10.2. The van der Waals surface area contributed by atoms with Gasteiger partial charge in [0, 0.05) is 12.4 Å². The van der Waals surface area contributed by atoms with Crippen molar-refractivity contribution in [1.29, 1.82) is 0 Å². The van der Waals surface area contributed by atoms with E-state index in [2.05, 4.69) is 10.3 Å². The number of pyridine rings is 1. The molecule has 1 atom stereocenters. The van der Waals surface area contributed by atoms with Gasteiger partial charge in [-0.05, 0) is 12.1 Å². The third-order valence-corrected chi connectivity index (χ3v) is 2.77. The molecule has 2 rings (SSSR count). The Labute approximate surface area is 119 Å². The third-order valence-electron chi connectivity index (χ3n) is 2.77. The first-order valence-corrected chi connectivity index (χ1v) is 6.12. The van der Waals surface area contributed by atoms with Crippen molar-refractivity contribution >= 4 is 23.5 Å². The molecular weight excluding hydrogens is 278 g/mol. The number of hydrogen-bond donors (Lipinski definition) is 3. The van der Waals surface area contributed by atoms with Crippen LogP contribution in [0.2, 0.25) is 0 Å². The lowest BCUT2D eigenvalue weighted by Gasteiger charge is -2.11. The highest BCUT2D eigenvalue weighted by molar-refractivity contribution is 5.87. The molecule has 0 fully saturated rings. The number of fused-ring (bicyclic) bond motifs is 1. The van der Waals surface area contributed by atoms with Crippen molar-refractivity contribution < 1.29 is 24.6 Å². The first-order chi connectivity index (χ1) is 9.95. The first-order valence-electron chi connectivity index (χ1n) is 6.12. The van der Waals surface area contributed by atoms with E-state index in [4.69, 9.17) is 10.2 Å². The summed E-state index contributed by atoms with van der Waals surface area (Å²) in [6.07, 6.45) is 2.63. The van der Waals surface area contributed by atoms with E-state index in [-0.39, 0.29) is 6.42 Å². The van der Waals surface area contributed by atoms with Gasteiger partial charge >= 0.3 is 11.9 Å². The Bertz CT molecular complexity index is 661. The van der Waals surface area contributed by atoms with Gasteiger partial charge in [-0.3, -0.25) is 9.59 Å². The van der Waals surface area contributed by atoms with Crippen LogP contribution in [0.25, 0.3) is 5.65 Å². The van der Waals surface area contributed by atoms with E-state index in [0.717, 1.165) is 0 Å². The van der Waals surface area contributed by atoms with Gasteiger partial charge in [0.2, 0.25) is 5.91 Å². The molecule has 0 saturated heterocycles. The molecule has 1 amide bonds. The van der Waals surface area contributed by atoms with Gasteiger partial charge in [0.1, 0.15) is 11.7 Å². The molecule has 0 bridgehead atoms. The van der Waals surface area contributed by atoms with Crippen molar-refractivity contribution in [3.8, 4) is 0 Å². The van der Waals surface area contributed by atoms with Crippen LogP contribution in [0.3, 0.4) is 0 Å². The molecule has 0 radical (unpaired) electrons. The molecule has 2 aromatic rings. The van der Waals surface area contributed by atoms with E-state index in [1.807, 2.05) is 6.07 Å². The standard InChI is InChI=1S/C13H13N3O5/c17-11(15-9(13(20)21)6-12(18)19)5-8-7-16-4-2-1-3-10(16)14-8/h1-4,7,9H,5-6H2,(H,15,17)(H,18,19)(H,20,21). The number of hydrogen-bond acceptors (Lipinski definition) is 4. The minimum absolute atomic E-state index is 0.120. The predicted molar refractivity (Wildman–Crippen MR) is 70.7 cm³/mol. The normalized spacial score (nSPS) is 12.0. The van der Waals surface area contributed by atoms with Crippen molar-refractivity contribution in [2.45, 2.75) is 18.9 Å². The van der Waals surface area contributed by atoms with Crippen LogP contribution in [-0.4, -0.2) is 43.5 Å². The van der Waals surface area contributed by atoms with Crippen LogP contribution in [-0.2, 0) is 20.8 Å². The van der Waals surface area contributed by atoms with Crippen molar-refractivity contribution in [2.75, 3.05) is 0 Å². The van der Waals surface area contributed by atoms with Crippen LogP contribution in [0.4, 0.5) is 0 Å². The highest BCUT2D eigenvalue weighted by atomic mass is 16.4. The molecule has 8 heteroatoms. The molecule has 0 aliphatic rings. The van der Waals surface area contributed by atoms with Gasteiger partial charge in [-0.1, -0.05) is 6.07 Å². The number of imidazole rings is 1. The van der Waals surface area contributed by atoms with E-state index in [1.165, 1.54) is 0 Å². The average Bonchev–Trinajstić information content (AvgIpc) is 2.79. The van der Waals surface area contributed by atoms with Crippen LogP contribution in [0.15, 0.2) is 30.6 Å². The van der Waals surface area contributed by atoms with Gasteiger partial charge in [-0.25, -0.2) is 9.78 Å². The molecule has 2 aromatic heterocycles. The van der Waals surface area contributed by atoms with Crippen molar-refractivity contribution in [3.63, 3.8) is 0 Å². The van der Waals surface area contributed by atoms with Crippen LogP contribution in [0.5, 0.6) is 0 Å². The van der Waals surface area contributed by atoms with Gasteiger partial charge in [-0.15, -0.1) is 0 Å². The average molecular weight is 291 g/mol. The van der Waals surface area contributed by atoms with Crippen molar-refractivity contribution in [3.05, 3.63) is 36.3 Å². The van der Waals surface area contributed by atoms with Gasteiger partial charge in [0.15, 0.2) is 0 Å². The molecule has 1 unspecified atom stereocenters. The highest BCUT2D eigenvalue weighted by Crippen LogP contribution is 2.05. The summed E-state index contributed by atoms with van der Waals surface area (Å²) in [5.41, 5.74) is 1.14. The van der Waals surface area contributed by atoms with E-state index < -0.39 is 30.3 Å². The molecule has 0 aliphatic heterocycles. The fourth-order valence-corrected chi connectivity index (χ4v) is 1.86. The first kappa shape index (κ1) is 14.5. The maximum atomic E-state index is 11.8. The SMILES string of the molecule is O=C(O)CC(NC(=O)Cc1cn2ccccc2n1)C(=O)O. The second-order valence-corrected chi connectivity index (χ2v) is 4.43. The summed E-state index contributed by atoms with van der Waals surface area (Å²) >= 11 is 0. The summed E-state index contributed by atoms with van der Waals surface area (Å²) in [4.78, 5) is 37.4. The number of aromatic nitrogens is 2. The Hall–Kier alpha value is -2.90. The molecular formula is C13H13N3O5. The maximum absolute atomic E-state index is 11.8. The largest absolute Gasteiger partial charge is 0.481 e. The molecule has 110 valence electrons. The second kappa shape index (κ2) is 6.04. The number of carboxylic acids is 2. The van der Waals surface area contributed by atoms with Crippen LogP contribution in [0, 0.1) is 0 Å². The second-order valence-electron chi connectivity index (χ2n) is 4.43. The van der Waals surface area contributed by atoms with E-state index in [9.17, 15) is 14.4 Å². The van der Waals surface area contributed by atoms with E-state index in [0.29, 0.717) is 11.3 Å². The maximum Gasteiger partial charge on any atom is 0.326 e. The summed E-state index contributed by atoms with van der Waals surface area (Å²) < 4.78 is 1.73. The Balaban J connectivity index is 2.03. The Morgan fingerprint density at radius 1 is 1.29 bits per heavy atom. The summed E-state index contributed by atoms with van der Waals surface area (Å²) in [6.45, 7) is 0. The number of carbonyl (C=O) groups is 3. The Kier molecular flexibility index (Phi) is 4.17. The van der Waals surface area contributed by atoms with Gasteiger partial charge < -0.3 is 19.9 Å². The smallest absolute Gasteiger partial charge is 0.326 e. The number of carboxylic acid groups (broad SMARTS) is 2. The van der Waals surface area contributed by atoms with E-state index in [1.54, 1.807) is 28.9 Å². The zero-order valence-corrected chi connectivity index (χ0v) is 10.9.